The van der Waals surface area contributed by atoms with Crippen LogP contribution in [-0.2, 0) is 0 Å². The van der Waals surface area contributed by atoms with Gasteiger partial charge in [0.15, 0.2) is 0 Å². The Morgan fingerprint density at radius 2 is 0.597 bits per heavy atom. The van der Waals surface area contributed by atoms with Crippen LogP contribution >= 0.6 is 0 Å². The van der Waals surface area contributed by atoms with Gasteiger partial charge in [0.25, 0.3) is 0 Å². The molecule has 2 nitrogen and oxygen atoms in total. The fourth-order valence-corrected chi connectivity index (χ4v) is 10.7. The maximum atomic E-state index is 6.78. The van der Waals surface area contributed by atoms with Gasteiger partial charge in [-0.1, -0.05) is 176 Å². The summed E-state index contributed by atoms with van der Waals surface area (Å²) in [5.74, 6) is 0. The van der Waals surface area contributed by atoms with Gasteiger partial charge in [0.2, 0.25) is 0 Å². The molecule has 286 valence electrons. The van der Waals surface area contributed by atoms with Crippen molar-refractivity contribution >= 4 is 76.2 Å². The summed E-state index contributed by atoms with van der Waals surface area (Å²) < 4.78 is 13.4. The maximum absolute atomic E-state index is 6.78. The Balaban J connectivity index is 1.14. The predicted octanol–water partition coefficient (Wildman–Crippen LogP) is 17.3. The number of fused-ring (bicyclic) bond motifs is 20. The lowest BCUT2D eigenvalue weighted by Crippen LogP contribution is -2.00. The Bertz CT molecular complexity index is 4050. The van der Waals surface area contributed by atoms with Gasteiger partial charge >= 0.3 is 0 Å². The highest BCUT2D eigenvalue weighted by atomic mass is 16.3. The third-order valence-electron chi connectivity index (χ3n) is 13.4. The van der Waals surface area contributed by atoms with Gasteiger partial charge in [-0.15, -0.1) is 0 Å². The van der Waals surface area contributed by atoms with Crippen LogP contribution in [0.5, 0.6) is 0 Å². The molecule has 0 amide bonds. The largest absolute Gasteiger partial charge is 0.455 e. The van der Waals surface area contributed by atoms with Crippen molar-refractivity contribution in [1.82, 2.24) is 0 Å². The van der Waals surface area contributed by atoms with Crippen molar-refractivity contribution in [2.75, 3.05) is 0 Å². The summed E-state index contributed by atoms with van der Waals surface area (Å²) in [5, 5.41) is 12.1. The molecule has 0 radical (unpaired) electrons. The molecular formula is C60H34O2. The highest BCUT2D eigenvalue weighted by Gasteiger charge is 2.27. The number of hydrogen-bond acceptors (Lipinski definition) is 2. The molecule has 1 aliphatic carbocycles. The first-order valence-electron chi connectivity index (χ1n) is 21.3. The average Bonchev–Trinajstić information content (AvgIpc) is 3.92. The molecule has 0 saturated carbocycles. The second kappa shape index (κ2) is 12.7. The molecule has 2 aromatic heterocycles. The zero-order valence-electron chi connectivity index (χ0n) is 33.4. The molecular weight excluding hydrogens is 753 g/mol. The zero-order chi connectivity index (χ0) is 40.5. The highest BCUT2D eigenvalue weighted by Crippen LogP contribution is 2.54. The van der Waals surface area contributed by atoms with Crippen LogP contribution in [0, 0.1) is 0 Å². The molecule has 0 fully saturated rings. The SMILES string of the molecule is c1ccc2c(c1)-c1cc3c4ccccc4c4ccccc4c3cc1-c1cccc(-c3cccc4c3oc3ccccc34)c1-c1ccc(-c3cccc4c3oc3ccccc34)cc1-2. The first kappa shape index (κ1) is 33.6. The van der Waals surface area contributed by atoms with E-state index in [1.54, 1.807) is 0 Å². The van der Waals surface area contributed by atoms with Crippen LogP contribution in [0.3, 0.4) is 0 Å². The number of benzene rings is 11. The molecule has 14 rings (SSSR count). The number of rotatable bonds is 2. The van der Waals surface area contributed by atoms with Crippen molar-refractivity contribution in [2.45, 2.75) is 0 Å². The molecule has 0 spiro atoms. The molecule has 1 aliphatic rings. The second-order valence-corrected chi connectivity index (χ2v) is 16.6. The lowest BCUT2D eigenvalue weighted by Gasteiger charge is -2.26. The minimum atomic E-state index is 0.892. The van der Waals surface area contributed by atoms with Crippen molar-refractivity contribution in [2.24, 2.45) is 0 Å². The van der Waals surface area contributed by atoms with Crippen LogP contribution in [0.25, 0.3) is 143 Å². The number of hydrogen-bond donors (Lipinski definition) is 0. The van der Waals surface area contributed by atoms with E-state index in [9.17, 15) is 0 Å². The first-order chi connectivity index (χ1) is 30.8. The molecule has 13 aromatic rings. The topological polar surface area (TPSA) is 26.3 Å². The Morgan fingerprint density at radius 3 is 1.19 bits per heavy atom. The van der Waals surface area contributed by atoms with Crippen LogP contribution in [-0.4, -0.2) is 0 Å². The van der Waals surface area contributed by atoms with E-state index in [1.165, 1.54) is 76.8 Å². The summed E-state index contributed by atoms with van der Waals surface area (Å²) in [6.07, 6.45) is 0. The van der Waals surface area contributed by atoms with Gasteiger partial charge in [-0.25, -0.2) is 0 Å². The lowest BCUT2D eigenvalue weighted by molar-refractivity contribution is 0.669. The van der Waals surface area contributed by atoms with Crippen molar-refractivity contribution in [1.29, 1.82) is 0 Å². The monoisotopic (exact) mass is 786 g/mol. The summed E-state index contributed by atoms with van der Waals surface area (Å²) in [7, 11) is 0. The van der Waals surface area contributed by atoms with Gasteiger partial charge in [-0.3, -0.25) is 0 Å². The van der Waals surface area contributed by atoms with Gasteiger partial charge in [-0.05, 0) is 118 Å². The zero-order valence-corrected chi connectivity index (χ0v) is 33.4. The van der Waals surface area contributed by atoms with Gasteiger partial charge in [0, 0.05) is 32.7 Å². The summed E-state index contributed by atoms with van der Waals surface area (Å²) in [6.45, 7) is 0. The molecule has 0 aliphatic heterocycles. The molecule has 2 heterocycles. The Morgan fingerprint density at radius 1 is 0.210 bits per heavy atom. The quantitative estimate of drug-likeness (QED) is 0.163. The molecule has 0 unspecified atom stereocenters. The van der Waals surface area contributed by atoms with Crippen LogP contribution in [0.15, 0.2) is 215 Å². The van der Waals surface area contributed by atoms with Crippen molar-refractivity contribution < 1.29 is 8.83 Å². The summed E-state index contributed by atoms with van der Waals surface area (Å²) in [5.41, 5.74) is 17.5. The standard InChI is InChI=1S/C60H34O2/c1-3-16-39-37(14-1)38-15-2-4-17-40(38)53-34-55-46-24-12-23-45(50-27-13-26-49-44-21-8-10-29-57(44)62-60(49)50)58(46)47-31-30-35(32-51(47)41-18-5-6-19-42(41)54(55)33-52(39)53)36-22-11-25-48-43-20-7-9-28-56(43)61-59(36)48/h1-34H. The Hall–Kier alpha value is -8.20. The number of furan rings is 2. The predicted molar refractivity (Wildman–Crippen MR) is 260 cm³/mol. The minimum absolute atomic E-state index is 0.892. The average molecular weight is 787 g/mol. The fraction of sp³-hybridized carbons (Fsp3) is 0. The van der Waals surface area contributed by atoms with E-state index in [1.807, 2.05) is 12.1 Å². The van der Waals surface area contributed by atoms with Gasteiger partial charge in [0.1, 0.15) is 22.3 Å². The molecule has 2 heteroatoms. The van der Waals surface area contributed by atoms with Crippen molar-refractivity contribution in [3.05, 3.63) is 206 Å². The molecule has 62 heavy (non-hydrogen) atoms. The van der Waals surface area contributed by atoms with Crippen LogP contribution in [0.1, 0.15) is 0 Å². The maximum Gasteiger partial charge on any atom is 0.143 e. The molecule has 0 bridgehead atoms. The van der Waals surface area contributed by atoms with E-state index < -0.39 is 0 Å². The molecule has 0 N–H and O–H groups in total. The second-order valence-electron chi connectivity index (χ2n) is 16.6. The van der Waals surface area contributed by atoms with E-state index in [4.69, 9.17) is 8.83 Å². The van der Waals surface area contributed by atoms with E-state index in [2.05, 4.69) is 194 Å². The van der Waals surface area contributed by atoms with E-state index >= 15 is 0 Å². The fourth-order valence-electron chi connectivity index (χ4n) is 10.7. The van der Waals surface area contributed by atoms with Gasteiger partial charge in [-0.2, -0.15) is 0 Å². The van der Waals surface area contributed by atoms with Crippen LogP contribution in [0.2, 0.25) is 0 Å². The molecule has 11 aromatic carbocycles. The normalized spacial score (nSPS) is 12.2. The summed E-state index contributed by atoms with van der Waals surface area (Å²) >= 11 is 0. The summed E-state index contributed by atoms with van der Waals surface area (Å²) in [6, 6.07) is 75.3. The molecule has 0 saturated heterocycles. The van der Waals surface area contributed by atoms with Crippen LogP contribution < -0.4 is 0 Å². The van der Waals surface area contributed by atoms with Gasteiger partial charge in [0.05, 0.1) is 0 Å². The van der Waals surface area contributed by atoms with Gasteiger partial charge < -0.3 is 8.83 Å². The third kappa shape index (κ3) is 4.64. The highest BCUT2D eigenvalue weighted by molar-refractivity contribution is 6.27. The molecule has 0 atom stereocenters. The Kier molecular flexibility index (Phi) is 6.86. The smallest absolute Gasteiger partial charge is 0.143 e. The van der Waals surface area contributed by atoms with E-state index in [0.717, 1.165) is 66.1 Å². The first-order valence-corrected chi connectivity index (χ1v) is 21.3. The summed E-state index contributed by atoms with van der Waals surface area (Å²) in [4.78, 5) is 0. The van der Waals surface area contributed by atoms with Crippen molar-refractivity contribution in [3.63, 3.8) is 0 Å². The third-order valence-corrected chi connectivity index (χ3v) is 13.4. The van der Waals surface area contributed by atoms with E-state index in [0.29, 0.717) is 0 Å². The number of para-hydroxylation sites is 4. The Labute approximate surface area is 356 Å². The van der Waals surface area contributed by atoms with E-state index in [-0.39, 0.29) is 0 Å². The van der Waals surface area contributed by atoms with Crippen molar-refractivity contribution in [3.8, 4) is 66.8 Å². The van der Waals surface area contributed by atoms with Crippen LogP contribution in [0.4, 0.5) is 0 Å². The minimum Gasteiger partial charge on any atom is -0.455 e. The lowest BCUT2D eigenvalue weighted by atomic mass is 9.76.